The third-order valence-corrected chi connectivity index (χ3v) is 4.89. The van der Waals surface area contributed by atoms with Gasteiger partial charge in [0.1, 0.15) is 0 Å². The van der Waals surface area contributed by atoms with Crippen LogP contribution in [-0.4, -0.2) is 15.3 Å². The molecule has 0 N–H and O–H groups in total. The van der Waals surface area contributed by atoms with Crippen LogP contribution < -0.4 is 0 Å². The van der Waals surface area contributed by atoms with Crippen molar-refractivity contribution in [2.45, 2.75) is 6.54 Å². The molecule has 5 heteroatoms. The molecule has 0 bridgehead atoms. The largest absolute Gasteiger partial charge is 0.317 e. The first-order chi connectivity index (χ1) is 13.2. The second kappa shape index (κ2) is 7.18. The molecule has 0 radical (unpaired) electrons. The van der Waals surface area contributed by atoms with E-state index in [-0.39, 0.29) is 5.78 Å². The minimum atomic E-state index is -0.130. The quantitative estimate of drug-likeness (QED) is 0.443. The Hall–Kier alpha value is -3.23. The first-order valence-electron chi connectivity index (χ1n) is 8.40. The molecule has 0 amide bonds. The lowest BCUT2D eigenvalue weighted by Crippen LogP contribution is -2.12. The number of hydrogen-bond donors (Lipinski definition) is 0. The summed E-state index contributed by atoms with van der Waals surface area (Å²) in [5.74, 6) is 0.260. The number of nitrogens with zero attached hydrogens (tertiary/aromatic N) is 3. The van der Waals surface area contributed by atoms with E-state index in [4.69, 9.17) is 5.26 Å². The van der Waals surface area contributed by atoms with Crippen molar-refractivity contribution in [1.29, 1.82) is 5.26 Å². The van der Waals surface area contributed by atoms with Crippen LogP contribution in [0, 0.1) is 11.3 Å². The van der Waals surface area contributed by atoms with Gasteiger partial charge in [-0.15, -0.1) is 0 Å². The Labute approximate surface area is 164 Å². The number of aromatic nitrogens is 2. The van der Waals surface area contributed by atoms with Gasteiger partial charge in [0, 0.05) is 16.6 Å². The Morgan fingerprint density at radius 2 is 1.81 bits per heavy atom. The maximum Gasteiger partial charge on any atom is 0.228 e. The fourth-order valence-corrected chi connectivity index (χ4v) is 3.33. The Bertz CT molecular complexity index is 1190. The molecule has 0 saturated heterocycles. The average molecular weight is 416 g/mol. The van der Waals surface area contributed by atoms with Crippen LogP contribution in [0.25, 0.3) is 11.0 Å². The Balaban J connectivity index is 1.83. The topological polar surface area (TPSA) is 58.7 Å². The van der Waals surface area contributed by atoms with Crippen LogP contribution in [0.15, 0.2) is 77.3 Å². The molecule has 4 nitrogen and oxygen atoms in total. The van der Waals surface area contributed by atoms with Crippen molar-refractivity contribution >= 4 is 32.7 Å². The number of rotatable bonds is 4. The molecule has 3 aromatic carbocycles. The van der Waals surface area contributed by atoms with Crippen LogP contribution in [0.2, 0.25) is 0 Å². The lowest BCUT2D eigenvalue weighted by atomic mass is 10.1. The minimum Gasteiger partial charge on any atom is -0.317 e. The summed E-state index contributed by atoms with van der Waals surface area (Å²) in [5.41, 5.74) is 3.79. The van der Waals surface area contributed by atoms with E-state index in [9.17, 15) is 4.79 Å². The lowest BCUT2D eigenvalue weighted by Gasteiger charge is -2.09. The number of fused-ring (bicyclic) bond motifs is 1. The van der Waals surface area contributed by atoms with E-state index >= 15 is 0 Å². The Kier molecular flexibility index (Phi) is 4.57. The number of carbonyl (C=O) groups is 1. The summed E-state index contributed by atoms with van der Waals surface area (Å²) >= 11 is 3.39. The predicted octanol–water partition coefficient (Wildman–Crippen LogP) is 4.95. The molecule has 0 saturated carbocycles. The molecule has 0 atom stereocenters. The van der Waals surface area contributed by atoms with Crippen LogP contribution in [0.5, 0.6) is 0 Å². The fourth-order valence-electron chi connectivity index (χ4n) is 3.06. The maximum atomic E-state index is 13.1. The van der Waals surface area contributed by atoms with E-state index in [1.807, 2.05) is 59.2 Å². The highest BCUT2D eigenvalue weighted by molar-refractivity contribution is 9.10. The standard InChI is InChI=1S/C22H14BrN3O/c23-18-10-8-17(9-11-18)21(27)22-25-19-6-1-2-7-20(19)26(22)14-16-5-3-4-15(12-16)13-24/h1-12H,14H2. The van der Waals surface area contributed by atoms with Crippen molar-refractivity contribution in [2.75, 3.05) is 0 Å². The zero-order chi connectivity index (χ0) is 18.8. The van der Waals surface area contributed by atoms with E-state index in [0.29, 0.717) is 23.5 Å². The molecule has 130 valence electrons. The van der Waals surface area contributed by atoms with Gasteiger partial charge in [-0.3, -0.25) is 4.79 Å². The molecule has 4 rings (SSSR count). The number of ketones is 1. The van der Waals surface area contributed by atoms with Gasteiger partial charge in [0.05, 0.1) is 22.7 Å². The molecule has 4 aromatic rings. The van der Waals surface area contributed by atoms with Crippen molar-refractivity contribution in [1.82, 2.24) is 9.55 Å². The fraction of sp³-hybridized carbons (Fsp3) is 0.0455. The molecule has 0 spiro atoms. The number of imidazole rings is 1. The molecule has 0 aliphatic rings. The highest BCUT2D eigenvalue weighted by Crippen LogP contribution is 2.21. The van der Waals surface area contributed by atoms with Gasteiger partial charge in [-0.1, -0.05) is 40.2 Å². The molecule has 0 fully saturated rings. The number of para-hydroxylation sites is 2. The molecular weight excluding hydrogens is 402 g/mol. The predicted molar refractivity (Wildman–Crippen MR) is 108 cm³/mol. The van der Waals surface area contributed by atoms with Crippen LogP contribution in [0.4, 0.5) is 0 Å². The highest BCUT2D eigenvalue weighted by Gasteiger charge is 2.19. The zero-order valence-corrected chi connectivity index (χ0v) is 15.8. The summed E-state index contributed by atoms with van der Waals surface area (Å²) in [4.78, 5) is 17.7. The maximum absolute atomic E-state index is 13.1. The third-order valence-electron chi connectivity index (χ3n) is 4.36. The summed E-state index contributed by atoms with van der Waals surface area (Å²) in [7, 11) is 0. The van der Waals surface area contributed by atoms with Gasteiger partial charge in [0.2, 0.25) is 5.78 Å². The highest BCUT2D eigenvalue weighted by atomic mass is 79.9. The van der Waals surface area contributed by atoms with E-state index in [0.717, 1.165) is 21.1 Å². The smallest absolute Gasteiger partial charge is 0.228 e. The Morgan fingerprint density at radius 1 is 1.04 bits per heavy atom. The van der Waals surface area contributed by atoms with E-state index in [2.05, 4.69) is 27.0 Å². The first-order valence-corrected chi connectivity index (χ1v) is 9.19. The summed E-state index contributed by atoms with van der Waals surface area (Å²) in [6.45, 7) is 0.466. The third kappa shape index (κ3) is 3.40. The second-order valence-corrected chi connectivity index (χ2v) is 7.07. The molecule has 1 aromatic heterocycles. The van der Waals surface area contributed by atoms with Crippen molar-refractivity contribution in [3.8, 4) is 6.07 Å². The van der Waals surface area contributed by atoms with Gasteiger partial charge in [-0.25, -0.2) is 4.98 Å². The van der Waals surface area contributed by atoms with Crippen molar-refractivity contribution in [2.24, 2.45) is 0 Å². The van der Waals surface area contributed by atoms with Gasteiger partial charge >= 0.3 is 0 Å². The second-order valence-electron chi connectivity index (χ2n) is 6.16. The van der Waals surface area contributed by atoms with Gasteiger partial charge in [-0.05, 0) is 54.1 Å². The van der Waals surface area contributed by atoms with Gasteiger partial charge in [0.25, 0.3) is 0 Å². The first kappa shape index (κ1) is 17.2. The summed E-state index contributed by atoms with van der Waals surface area (Å²) in [5, 5.41) is 9.15. The van der Waals surface area contributed by atoms with E-state index in [1.54, 1.807) is 18.2 Å². The van der Waals surface area contributed by atoms with Gasteiger partial charge in [-0.2, -0.15) is 5.26 Å². The van der Waals surface area contributed by atoms with Crippen molar-refractivity contribution in [3.05, 3.63) is 99.8 Å². The number of halogens is 1. The summed E-state index contributed by atoms with van der Waals surface area (Å²) in [6, 6.07) is 24.5. The van der Waals surface area contributed by atoms with Gasteiger partial charge in [0.15, 0.2) is 5.82 Å². The summed E-state index contributed by atoms with van der Waals surface area (Å²) in [6.07, 6.45) is 0. The van der Waals surface area contributed by atoms with Gasteiger partial charge < -0.3 is 4.57 Å². The number of carbonyl (C=O) groups excluding carboxylic acids is 1. The number of hydrogen-bond acceptors (Lipinski definition) is 3. The molecule has 27 heavy (non-hydrogen) atoms. The monoisotopic (exact) mass is 415 g/mol. The SMILES string of the molecule is N#Cc1cccc(Cn2c(C(=O)c3ccc(Br)cc3)nc3ccccc32)c1. The van der Waals surface area contributed by atoms with Crippen LogP contribution in [0.3, 0.4) is 0 Å². The molecule has 0 unspecified atom stereocenters. The zero-order valence-electron chi connectivity index (χ0n) is 14.3. The van der Waals surface area contributed by atoms with Crippen LogP contribution >= 0.6 is 15.9 Å². The average Bonchev–Trinajstić information content (AvgIpc) is 3.07. The normalized spacial score (nSPS) is 10.7. The lowest BCUT2D eigenvalue weighted by molar-refractivity contribution is 0.102. The van der Waals surface area contributed by atoms with Crippen molar-refractivity contribution < 1.29 is 4.79 Å². The minimum absolute atomic E-state index is 0.130. The van der Waals surface area contributed by atoms with E-state index in [1.165, 1.54) is 0 Å². The molecule has 0 aliphatic heterocycles. The molecular formula is C22H14BrN3O. The Morgan fingerprint density at radius 3 is 2.59 bits per heavy atom. The van der Waals surface area contributed by atoms with Crippen LogP contribution in [-0.2, 0) is 6.54 Å². The molecule has 1 heterocycles. The molecule has 0 aliphatic carbocycles. The summed E-state index contributed by atoms with van der Waals surface area (Å²) < 4.78 is 2.83. The van der Waals surface area contributed by atoms with E-state index < -0.39 is 0 Å². The number of nitriles is 1. The van der Waals surface area contributed by atoms with Crippen molar-refractivity contribution in [3.63, 3.8) is 0 Å². The number of benzene rings is 3. The van der Waals surface area contributed by atoms with Crippen LogP contribution in [0.1, 0.15) is 27.3 Å².